The van der Waals surface area contributed by atoms with Gasteiger partial charge in [0.05, 0.1) is 25.4 Å². The van der Waals surface area contributed by atoms with Gasteiger partial charge in [0.2, 0.25) is 0 Å². The second-order valence-corrected chi connectivity index (χ2v) is 7.32. The zero-order valence-electron chi connectivity index (χ0n) is 14.8. The van der Waals surface area contributed by atoms with Crippen LogP contribution in [0.2, 0.25) is 0 Å². The fourth-order valence-corrected chi connectivity index (χ4v) is 4.21. The standard InChI is InChI=1S/C19H27NO5/c1-13-2-4-17(25-13)19(21)20-8-11-23-18-15(20)3-5-16(18)24-12-14-6-9-22-10-7-14/h2,4,14-16,18H,3,5-12H2,1H3/t15-,16+,18+/m0/s1. The first kappa shape index (κ1) is 17.1. The van der Waals surface area contributed by atoms with Crippen molar-refractivity contribution in [3.05, 3.63) is 23.7 Å². The molecule has 3 fully saturated rings. The summed E-state index contributed by atoms with van der Waals surface area (Å²) < 4.78 is 23.1. The first-order valence-electron chi connectivity index (χ1n) is 9.41. The van der Waals surface area contributed by atoms with Gasteiger partial charge in [0.1, 0.15) is 11.9 Å². The quantitative estimate of drug-likeness (QED) is 0.835. The fraction of sp³-hybridized carbons (Fsp3) is 0.737. The number of rotatable bonds is 4. The van der Waals surface area contributed by atoms with Gasteiger partial charge in [-0.15, -0.1) is 0 Å². The van der Waals surface area contributed by atoms with Crippen LogP contribution in [0.4, 0.5) is 0 Å². The molecule has 2 saturated heterocycles. The third-order valence-corrected chi connectivity index (χ3v) is 5.63. The van der Waals surface area contributed by atoms with Gasteiger partial charge in [-0.05, 0) is 50.7 Å². The number of aryl methyl sites for hydroxylation is 1. The van der Waals surface area contributed by atoms with Crippen molar-refractivity contribution in [3.8, 4) is 0 Å². The van der Waals surface area contributed by atoms with Gasteiger partial charge >= 0.3 is 0 Å². The Morgan fingerprint density at radius 1 is 1.20 bits per heavy atom. The number of carbonyl (C=O) groups is 1. The molecule has 6 nitrogen and oxygen atoms in total. The SMILES string of the molecule is Cc1ccc(C(=O)N2CCO[C@H]3[C@H](OCC4CCOCC4)CC[C@@H]32)o1. The summed E-state index contributed by atoms with van der Waals surface area (Å²) in [5.41, 5.74) is 0. The van der Waals surface area contributed by atoms with Crippen LogP contribution in [0.25, 0.3) is 0 Å². The predicted molar refractivity (Wildman–Crippen MR) is 90.5 cm³/mol. The minimum absolute atomic E-state index is 0.0198. The lowest BCUT2D eigenvalue weighted by molar-refractivity contribution is -0.113. The lowest BCUT2D eigenvalue weighted by Crippen LogP contribution is -2.54. The molecule has 2 aliphatic heterocycles. The van der Waals surface area contributed by atoms with Crippen LogP contribution in [-0.4, -0.2) is 62.0 Å². The Labute approximate surface area is 148 Å². The first-order valence-corrected chi connectivity index (χ1v) is 9.41. The third kappa shape index (κ3) is 3.61. The lowest BCUT2D eigenvalue weighted by atomic mass is 10.0. The van der Waals surface area contributed by atoms with Gasteiger partial charge in [-0.25, -0.2) is 0 Å². The van der Waals surface area contributed by atoms with Gasteiger partial charge in [-0.1, -0.05) is 0 Å². The highest BCUT2D eigenvalue weighted by Crippen LogP contribution is 2.33. The van der Waals surface area contributed by atoms with E-state index in [1.54, 1.807) is 6.07 Å². The molecule has 1 aromatic heterocycles. The Kier molecular flexibility index (Phi) is 5.10. The molecule has 1 aliphatic carbocycles. The molecule has 1 amide bonds. The van der Waals surface area contributed by atoms with E-state index in [4.69, 9.17) is 18.6 Å². The molecular weight excluding hydrogens is 322 g/mol. The average molecular weight is 349 g/mol. The number of morpholine rings is 1. The van der Waals surface area contributed by atoms with Gasteiger partial charge in [0.15, 0.2) is 5.76 Å². The predicted octanol–water partition coefficient (Wildman–Crippen LogP) is 2.40. The zero-order chi connectivity index (χ0) is 17.2. The van der Waals surface area contributed by atoms with Gasteiger partial charge < -0.3 is 23.5 Å². The van der Waals surface area contributed by atoms with E-state index < -0.39 is 0 Å². The summed E-state index contributed by atoms with van der Waals surface area (Å²) in [4.78, 5) is 14.7. The molecule has 1 aromatic rings. The van der Waals surface area contributed by atoms with Crippen molar-refractivity contribution >= 4 is 5.91 Å². The summed E-state index contributed by atoms with van der Waals surface area (Å²) in [5.74, 6) is 1.73. The van der Waals surface area contributed by atoms with Crippen molar-refractivity contribution in [2.75, 3.05) is 33.0 Å². The Bertz CT molecular complexity index is 594. The van der Waals surface area contributed by atoms with Crippen LogP contribution in [0.1, 0.15) is 42.0 Å². The van der Waals surface area contributed by atoms with E-state index in [1.807, 2.05) is 17.9 Å². The largest absolute Gasteiger partial charge is 0.456 e. The highest BCUT2D eigenvalue weighted by molar-refractivity contribution is 5.92. The number of hydrogen-bond donors (Lipinski definition) is 0. The smallest absolute Gasteiger partial charge is 0.289 e. The maximum atomic E-state index is 12.8. The maximum Gasteiger partial charge on any atom is 0.289 e. The van der Waals surface area contributed by atoms with Crippen LogP contribution in [0.3, 0.4) is 0 Å². The second-order valence-electron chi connectivity index (χ2n) is 7.32. The second kappa shape index (κ2) is 7.48. The van der Waals surface area contributed by atoms with Gasteiger partial charge in [0, 0.05) is 19.8 Å². The van der Waals surface area contributed by atoms with E-state index in [0.717, 1.165) is 51.3 Å². The molecule has 0 N–H and O–H groups in total. The minimum Gasteiger partial charge on any atom is -0.456 e. The zero-order valence-corrected chi connectivity index (χ0v) is 14.8. The summed E-state index contributed by atoms with van der Waals surface area (Å²) in [6, 6.07) is 3.68. The molecule has 0 bridgehead atoms. The third-order valence-electron chi connectivity index (χ3n) is 5.63. The summed E-state index contributed by atoms with van der Waals surface area (Å²) in [7, 11) is 0. The van der Waals surface area contributed by atoms with E-state index in [2.05, 4.69) is 0 Å². The molecule has 6 heteroatoms. The van der Waals surface area contributed by atoms with E-state index >= 15 is 0 Å². The Hall–Kier alpha value is -1.37. The van der Waals surface area contributed by atoms with Crippen LogP contribution in [0.15, 0.2) is 16.5 Å². The molecule has 1 saturated carbocycles. The Balaban J connectivity index is 1.37. The number of fused-ring (bicyclic) bond motifs is 1. The molecule has 25 heavy (non-hydrogen) atoms. The number of ether oxygens (including phenoxy) is 3. The Morgan fingerprint density at radius 2 is 2.04 bits per heavy atom. The Morgan fingerprint density at radius 3 is 2.80 bits per heavy atom. The maximum absolute atomic E-state index is 12.8. The number of furan rings is 1. The van der Waals surface area contributed by atoms with Crippen LogP contribution in [-0.2, 0) is 14.2 Å². The summed E-state index contributed by atoms with van der Waals surface area (Å²) in [5, 5.41) is 0. The van der Waals surface area contributed by atoms with Crippen molar-refractivity contribution in [1.29, 1.82) is 0 Å². The lowest BCUT2D eigenvalue weighted by Gasteiger charge is -2.38. The highest BCUT2D eigenvalue weighted by atomic mass is 16.5. The number of hydrogen-bond acceptors (Lipinski definition) is 5. The fourth-order valence-electron chi connectivity index (χ4n) is 4.21. The van der Waals surface area contributed by atoms with Gasteiger partial charge in [0.25, 0.3) is 5.91 Å². The normalized spacial score (nSPS) is 30.4. The molecule has 3 aliphatic rings. The van der Waals surface area contributed by atoms with Gasteiger partial charge in [-0.3, -0.25) is 4.79 Å². The van der Waals surface area contributed by atoms with E-state index in [9.17, 15) is 4.79 Å². The summed E-state index contributed by atoms with van der Waals surface area (Å²) >= 11 is 0. The van der Waals surface area contributed by atoms with Crippen LogP contribution in [0, 0.1) is 12.8 Å². The molecule has 0 unspecified atom stereocenters. The van der Waals surface area contributed by atoms with Crippen molar-refractivity contribution in [1.82, 2.24) is 4.90 Å². The van der Waals surface area contributed by atoms with Gasteiger partial charge in [-0.2, -0.15) is 0 Å². The first-order chi connectivity index (χ1) is 12.2. The highest BCUT2D eigenvalue weighted by Gasteiger charge is 2.45. The molecule has 138 valence electrons. The van der Waals surface area contributed by atoms with Crippen molar-refractivity contribution < 1.29 is 23.4 Å². The van der Waals surface area contributed by atoms with E-state index in [1.165, 1.54) is 0 Å². The summed E-state index contributed by atoms with van der Waals surface area (Å²) in [6.45, 7) is 5.48. The van der Waals surface area contributed by atoms with Crippen LogP contribution < -0.4 is 0 Å². The van der Waals surface area contributed by atoms with Crippen molar-refractivity contribution in [2.45, 2.75) is 50.9 Å². The van der Waals surface area contributed by atoms with Crippen LogP contribution >= 0.6 is 0 Å². The topological polar surface area (TPSA) is 61.1 Å². The molecule has 0 aromatic carbocycles. The summed E-state index contributed by atoms with van der Waals surface area (Å²) in [6.07, 6.45) is 4.08. The molecule has 0 radical (unpaired) electrons. The monoisotopic (exact) mass is 349 g/mol. The number of nitrogens with zero attached hydrogens (tertiary/aromatic N) is 1. The van der Waals surface area contributed by atoms with Crippen LogP contribution in [0.5, 0.6) is 0 Å². The number of carbonyl (C=O) groups excluding carboxylic acids is 1. The minimum atomic E-state index is -0.0310. The number of amides is 1. The molecule has 3 heterocycles. The van der Waals surface area contributed by atoms with E-state index in [-0.39, 0.29) is 24.2 Å². The molecular formula is C19H27NO5. The van der Waals surface area contributed by atoms with E-state index in [0.29, 0.717) is 24.8 Å². The average Bonchev–Trinajstić information content (AvgIpc) is 3.26. The van der Waals surface area contributed by atoms with Crippen molar-refractivity contribution in [2.24, 2.45) is 5.92 Å². The molecule has 4 rings (SSSR count). The van der Waals surface area contributed by atoms with Crippen molar-refractivity contribution in [3.63, 3.8) is 0 Å². The molecule has 3 atom stereocenters. The molecule has 0 spiro atoms.